The van der Waals surface area contributed by atoms with Crippen molar-refractivity contribution in [3.63, 3.8) is 0 Å². The molecule has 1 unspecified atom stereocenters. The fraction of sp³-hybridized carbons (Fsp3) is 0.357. The van der Waals surface area contributed by atoms with Crippen LogP contribution in [0, 0.1) is 0 Å². The van der Waals surface area contributed by atoms with Crippen LogP contribution in [0.3, 0.4) is 0 Å². The lowest BCUT2D eigenvalue weighted by Crippen LogP contribution is -2.36. The smallest absolute Gasteiger partial charge is 0.274 e. The minimum atomic E-state index is -0.0601. The standard InChI is InChI=1S/C14H15ClN4O/c1-2-4-11-5-3-6-19(11)13(20)12-9-18-8-10(15)7-16-14(18)17-12/h3,5,7-9,11H,2,4,6H2,1H3. The van der Waals surface area contributed by atoms with Crippen molar-refractivity contribution in [3.05, 3.63) is 41.5 Å². The summed E-state index contributed by atoms with van der Waals surface area (Å²) in [6.45, 7) is 2.76. The zero-order valence-corrected chi connectivity index (χ0v) is 11.9. The van der Waals surface area contributed by atoms with Crippen LogP contribution in [0.25, 0.3) is 5.78 Å². The molecule has 104 valence electrons. The van der Waals surface area contributed by atoms with Gasteiger partial charge < -0.3 is 4.90 Å². The maximum Gasteiger partial charge on any atom is 0.274 e. The van der Waals surface area contributed by atoms with Gasteiger partial charge in [0.25, 0.3) is 5.91 Å². The van der Waals surface area contributed by atoms with Gasteiger partial charge in [-0.3, -0.25) is 9.20 Å². The van der Waals surface area contributed by atoms with Crippen LogP contribution >= 0.6 is 11.6 Å². The number of halogens is 1. The number of carbonyl (C=O) groups excluding carboxylic acids is 1. The summed E-state index contributed by atoms with van der Waals surface area (Å²) in [5, 5.41) is 0.514. The van der Waals surface area contributed by atoms with Crippen LogP contribution < -0.4 is 0 Å². The molecule has 3 heterocycles. The van der Waals surface area contributed by atoms with Crippen molar-refractivity contribution in [1.82, 2.24) is 19.3 Å². The third-order valence-electron chi connectivity index (χ3n) is 3.40. The Morgan fingerprint density at radius 2 is 2.35 bits per heavy atom. The molecule has 1 aliphatic rings. The summed E-state index contributed by atoms with van der Waals surface area (Å²) in [6.07, 6.45) is 11.0. The lowest BCUT2D eigenvalue weighted by Gasteiger charge is -2.23. The van der Waals surface area contributed by atoms with E-state index in [0.717, 1.165) is 12.8 Å². The van der Waals surface area contributed by atoms with Crippen molar-refractivity contribution in [2.24, 2.45) is 0 Å². The quantitative estimate of drug-likeness (QED) is 0.816. The van der Waals surface area contributed by atoms with Crippen molar-refractivity contribution >= 4 is 23.3 Å². The van der Waals surface area contributed by atoms with E-state index in [2.05, 4.69) is 23.0 Å². The number of hydrogen-bond acceptors (Lipinski definition) is 3. The molecule has 0 fully saturated rings. The van der Waals surface area contributed by atoms with Gasteiger partial charge in [0.05, 0.1) is 17.3 Å². The fourth-order valence-electron chi connectivity index (χ4n) is 2.46. The van der Waals surface area contributed by atoms with Gasteiger partial charge in [-0.1, -0.05) is 37.1 Å². The summed E-state index contributed by atoms with van der Waals surface area (Å²) >= 11 is 5.88. The van der Waals surface area contributed by atoms with E-state index in [-0.39, 0.29) is 11.9 Å². The molecule has 20 heavy (non-hydrogen) atoms. The Morgan fingerprint density at radius 3 is 3.15 bits per heavy atom. The van der Waals surface area contributed by atoms with Gasteiger partial charge in [-0.05, 0) is 6.42 Å². The molecule has 1 amide bonds. The molecule has 3 rings (SSSR count). The van der Waals surface area contributed by atoms with E-state index in [1.807, 2.05) is 11.0 Å². The molecule has 0 spiro atoms. The molecule has 0 aliphatic carbocycles. The van der Waals surface area contributed by atoms with Crippen molar-refractivity contribution in [2.75, 3.05) is 6.54 Å². The first-order valence-corrected chi connectivity index (χ1v) is 7.04. The predicted molar refractivity (Wildman–Crippen MR) is 76.9 cm³/mol. The molecule has 0 bridgehead atoms. The SMILES string of the molecule is CCCC1C=CCN1C(=O)c1cn2cc(Cl)cnc2n1. The van der Waals surface area contributed by atoms with E-state index in [1.54, 1.807) is 16.8 Å². The molecular formula is C14H15ClN4O. The number of rotatable bonds is 3. The number of aromatic nitrogens is 3. The normalized spacial score (nSPS) is 18.1. The Labute approximate surface area is 121 Å². The second kappa shape index (κ2) is 5.25. The van der Waals surface area contributed by atoms with Crippen LogP contribution in [0.4, 0.5) is 0 Å². The molecule has 0 saturated carbocycles. The first kappa shape index (κ1) is 13.1. The van der Waals surface area contributed by atoms with Crippen LogP contribution in [0.1, 0.15) is 30.3 Å². The van der Waals surface area contributed by atoms with Crippen molar-refractivity contribution in [2.45, 2.75) is 25.8 Å². The van der Waals surface area contributed by atoms with E-state index < -0.39 is 0 Å². The molecule has 6 heteroatoms. The van der Waals surface area contributed by atoms with Crippen molar-refractivity contribution in [3.8, 4) is 0 Å². The van der Waals surface area contributed by atoms with Gasteiger partial charge in [-0.25, -0.2) is 9.97 Å². The Morgan fingerprint density at radius 1 is 1.50 bits per heavy atom. The molecule has 2 aromatic heterocycles. The number of carbonyl (C=O) groups is 1. The van der Waals surface area contributed by atoms with Crippen LogP contribution in [-0.4, -0.2) is 37.8 Å². The largest absolute Gasteiger partial charge is 0.327 e. The Hall–Kier alpha value is -1.88. The minimum Gasteiger partial charge on any atom is -0.327 e. The van der Waals surface area contributed by atoms with Crippen LogP contribution in [0.2, 0.25) is 5.02 Å². The highest BCUT2D eigenvalue weighted by molar-refractivity contribution is 6.30. The lowest BCUT2D eigenvalue weighted by molar-refractivity contribution is 0.0739. The van der Waals surface area contributed by atoms with E-state index in [1.165, 1.54) is 6.20 Å². The van der Waals surface area contributed by atoms with Crippen molar-refractivity contribution in [1.29, 1.82) is 0 Å². The molecule has 1 atom stereocenters. The third kappa shape index (κ3) is 2.29. The van der Waals surface area contributed by atoms with Gasteiger partial charge in [-0.2, -0.15) is 0 Å². The second-order valence-corrected chi connectivity index (χ2v) is 5.28. The third-order valence-corrected chi connectivity index (χ3v) is 3.60. The summed E-state index contributed by atoms with van der Waals surface area (Å²) in [7, 11) is 0. The summed E-state index contributed by atoms with van der Waals surface area (Å²) in [4.78, 5) is 22.7. The van der Waals surface area contributed by atoms with Gasteiger partial charge in [0, 0.05) is 18.9 Å². The van der Waals surface area contributed by atoms with Gasteiger partial charge in [0.15, 0.2) is 0 Å². The highest BCUT2D eigenvalue weighted by atomic mass is 35.5. The highest BCUT2D eigenvalue weighted by Crippen LogP contribution is 2.18. The van der Waals surface area contributed by atoms with Crippen LogP contribution in [0.15, 0.2) is 30.7 Å². The lowest BCUT2D eigenvalue weighted by atomic mass is 10.1. The maximum absolute atomic E-state index is 12.5. The molecule has 1 aliphatic heterocycles. The molecule has 2 aromatic rings. The van der Waals surface area contributed by atoms with E-state index in [4.69, 9.17) is 11.6 Å². The number of nitrogens with zero attached hydrogens (tertiary/aromatic N) is 4. The first-order chi connectivity index (χ1) is 9.69. The molecule has 5 nitrogen and oxygen atoms in total. The average Bonchev–Trinajstić information content (AvgIpc) is 3.04. The molecule has 0 saturated heterocycles. The maximum atomic E-state index is 12.5. The Bertz CT molecular complexity index is 679. The number of imidazole rings is 1. The van der Waals surface area contributed by atoms with Crippen LogP contribution in [-0.2, 0) is 0 Å². The molecular weight excluding hydrogens is 276 g/mol. The van der Waals surface area contributed by atoms with Gasteiger partial charge >= 0.3 is 0 Å². The monoisotopic (exact) mass is 290 g/mol. The van der Waals surface area contributed by atoms with Gasteiger partial charge in [0.1, 0.15) is 5.69 Å². The van der Waals surface area contributed by atoms with Gasteiger partial charge in [-0.15, -0.1) is 0 Å². The molecule has 0 aromatic carbocycles. The van der Waals surface area contributed by atoms with Gasteiger partial charge in [0.2, 0.25) is 5.78 Å². The molecule has 0 radical (unpaired) electrons. The predicted octanol–water partition coefficient (Wildman–Crippen LogP) is 2.56. The van der Waals surface area contributed by atoms with E-state index >= 15 is 0 Å². The average molecular weight is 291 g/mol. The number of amides is 1. The minimum absolute atomic E-state index is 0.0601. The van der Waals surface area contributed by atoms with Crippen molar-refractivity contribution < 1.29 is 4.79 Å². The zero-order valence-electron chi connectivity index (χ0n) is 11.2. The molecule has 0 N–H and O–H groups in total. The summed E-state index contributed by atoms with van der Waals surface area (Å²) in [6, 6.07) is 0.175. The summed E-state index contributed by atoms with van der Waals surface area (Å²) in [5.74, 6) is 0.423. The fourth-order valence-corrected chi connectivity index (χ4v) is 2.62. The highest BCUT2D eigenvalue weighted by Gasteiger charge is 2.26. The van der Waals surface area contributed by atoms with E-state index in [9.17, 15) is 4.79 Å². The zero-order chi connectivity index (χ0) is 14.1. The second-order valence-electron chi connectivity index (χ2n) is 4.85. The summed E-state index contributed by atoms with van der Waals surface area (Å²) < 4.78 is 1.67. The topological polar surface area (TPSA) is 50.5 Å². The van der Waals surface area contributed by atoms with Crippen LogP contribution in [0.5, 0.6) is 0 Å². The summed E-state index contributed by atoms with van der Waals surface area (Å²) in [5.41, 5.74) is 0.407. The van der Waals surface area contributed by atoms with E-state index in [0.29, 0.717) is 23.0 Å². The first-order valence-electron chi connectivity index (χ1n) is 6.67. The Kier molecular flexibility index (Phi) is 3.44. The number of hydrogen-bond donors (Lipinski definition) is 0. The number of fused-ring (bicyclic) bond motifs is 1. The Balaban J connectivity index is 1.88.